The number of aliphatic hydroxyl groups excluding tert-OH is 1. The molecule has 0 amide bonds. The molecule has 18 heavy (non-hydrogen) atoms. The highest BCUT2D eigenvalue weighted by atomic mass is 19.1. The van der Waals surface area contributed by atoms with Crippen molar-refractivity contribution in [1.29, 1.82) is 0 Å². The summed E-state index contributed by atoms with van der Waals surface area (Å²) in [6, 6.07) is 10.0. The van der Waals surface area contributed by atoms with Gasteiger partial charge in [0.05, 0.1) is 6.10 Å². The van der Waals surface area contributed by atoms with E-state index in [9.17, 15) is 13.9 Å². The number of hydrogen-bond acceptors (Lipinski definition) is 1. The van der Waals surface area contributed by atoms with Crippen molar-refractivity contribution >= 4 is 0 Å². The first kappa shape index (κ1) is 12.7. The molecule has 1 N–H and O–H groups in total. The Morgan fingerprint density at radius 2 is 1.72 bits per heavy atom. The summed E-state index contributed by atoms with van der Waals surface area (Å²) in [6.07, 6.45) is -0.926. The second-order valence-corrected chi connectivity index (χ2v) is 4.30. The lowest BCUT2D eigenvalue weighted by atomic mass is 9.94. The van der Waals surface area contributed by atoms with E-state index in [1.165, 1.54) is 19.9 Å². The second-order valence-electron chi connectivity index (χ2n) is 4.30. The molecule has 1 unspecified atom stereocenters. The van der Waals surface area contributed by atoms with Crippen LogP contribution >= 0.6 is 0 Å². The van der Waals surface area contributed by atoms with Crippen LogP contribution in [-0.4, -0.2) is 5.11 Å². The molecule has 1 nitrogen and oxygen atoms in total. The summed E-state index contributed by atoms with van der Waals surface area (Å²) in [6.45, 7) is 2.89. The zero-order valence-corrected chi connectivity index (χ0v) is 10.2. The Kier molecular flexibility index (Phi) is 3.43. The van der Waals surface area contributed by atoms with E-state index < -0.39 is 17.7 Å². The highest BCUT2D eigenvalue weighted by Gasteiger charge is 2.19. The number of halogens is 2. The van der Waals surface area contributed by atoms with Gasteiger partial charge < -0.3 is 5.11 Å². The van der Waals surface area contributed by atoms with E-state index in [2.05, 4.69) is 0 Å². The van der Waals surface area contributed by atoms with Crippen LogP contribution in [0.1, 0.15) is 24.2 Å². The third-order valence-corrected chi connectivity index (χ3v) is 2.99. The highest BCUT2D eigenvalue weighted by Crippen LogP contribution is 2.33. The summed E-state index contributed by atoms with van der Waals surface area (Å²) in [7, 11) is 0. The molecule has 0 heterocycles. The fraction of sp³-hybridized carbons (Fsp3) is 0.200. The number of aliphatic hydroxyl groups is 1. The van der Waals surface area contributed by atoms with Gasteiger partial charge in [0.25, 0.3) is 0 Å². The fourth-order valence-corrected chi connectivity index (χ4v) is 1.96. The molecule has 3 heteroatoms. The third-order valence-electron chi connectivity index (χ3n) is 2.99. The standard InChI is InChI=1S/C15H14F2O/c1-9-13(16)8-12(10(2)18)14(15(9)17)11-6-4-3-5-7-11/h3-8,10,18H,1-2H3. The molecule has 0 aliphatic carbocycles. The Bertz CT molecular complexity index is 562. The van der Waals surface area contributed by atoms with Gasteiger partial charge in [0, 0.05) is 11.1 Å². The van der Waals surface area contributed by atoms with Gasteiger partial charge in [0.15, 0.2) is 0 Å². The lowest BCUT2D eigenvalue weighted by molar-refractivity contribution is 0.199. The van der Waals surface area contributed by atoms with E-state index in [-0.39, 0.29) is 16.7 Å². The van der Waals surface area contributed by atoms with Crippen LogP contribution in [0.2, 0.25) is 0 Å². The van der Waals surface area contributed by atoms with Crippen LogP contribution in [0.5, 0.6) is 0 Å². The van der Waals surface area contributed by atoms with E-state index in [0.29, 0.717) is 5.56 Å². The van der Waals surface area contributed by atoms with E-state index in [0.717, 1.165) is 0 Å². The minimum absolute atomic E-state index is 0.0294. The predicted octanol–water partition coefficient (Wildman–Crippen LogP) is 3.99. The molecular weight excluding hydrogens is 234 g/mol. The summed E-state index contributed by atoms with van der Waals surface area (Å²) >= 11 is 0. The zero-order chi connectivity index (χ0) is 13.3. The van der Waals surface area contributed by atoms with Crippen molar-refractivity contribution in [3.8, 4) is 11.1 Å². The maximum absolute atomic E-state index is 14.2. The Balaban J connectivity index is 2.76. The first-order valence-electron chi connectivity index (χ1n) is 5.74. The van der Waals surface area contributed by atoms with Gasteiger partial charge in [0.1, 0.15) is 11.6 Å². The van der Waals surface area contributed by atoms with Crippen LogP contribution in [0.4, 0.5) is 8.78 Å². The van der Waals surface area contributed by atoms with Crippen LogP contribution in [0, 0.1) is 18.6 Å². The largest absolute Gasteiger partial charge is 0.389 e. The van der Waals surface area contributed by atoms with Gasteiger partial charge in [-0.2, -0.15) is 0 Å². The summed E-state index contributed by atoms with van der Waals surface area (Å²) in [5.41, 5.74) is 1.14. The van der Waals surface area contributed by atoms with Crippen molar-refractivity contribution in [3.05, 3.63) is 59.2 Å². The molecule has 94 valence electrons. The molecule has 0 spiro atoms. The Hall–Kier alpha value is -1.74. The van der Waals surface area contributed by atoms with Gasteiger partial charge in [-0.1, -0.05) is 30.3 Å². The lowest BCUT2D eigenvalue weighted by Gasteiger charge is -2.15. The first-order valence-corrected chi connectivity index (χ1v) is 5.74. The Morgan fingerprint density at radius 1 is 1.11 bits per heavy atom. The van der Waals surface area contributed by atoms with Crippen LogP contribution in [0.15, 0.2) is 36.4 Å². The summed E-state index contributed by atoms with van der Waals surface area (Å²) < 4.78 is 27.8. The lowest BCUT2D eigenvalue weighted by Crippen LogP contribution is -2.02. The SMILES string of the molecule is Cc1c(F)cc(C(C)O)c(-c2ccccc2)c1F. The molecule has 0 radical (unpaired) electrons. The van der Waals surface area contributed by atoms with Gasteiger partial charge in [-0.3, -0.25) is 0 Å². The normalized spacial score (nSPS) is 12.5. The van der Waals surface area contributed by atoms with Gasteiger partial charge >= 0.3 is 0 Å². The highest BCUT2D eigenvalue weighted by molar-refractivity contribution is 5.69. The van der Waals surface area contributed by atoms with Gasteiger partial charge in [-0.15, -0.1) is 0 Å². The van der Waals surface area contributed by atoms with Gasteiger partial charge in [-0.05, 0) is 31.0 Å². The predicted molar refractivity (Wildman–Crippen MR) is 67.2 cm³/mol. The molecule has 2 aromatic rings. The van der Waals surface area contributed by atoms with Crippen LogP contribution in [0.3, 0.4) is 0 Å². The molecule has 0 aliphatic rings. The maximum atomic E-state index is 14.2. The van der Waals surface area contributed by atoms with E-state index in [4.69, 9.17) is 0 Å². The van der Waals surface area contributed by atoms with Crippen molar-refractivity contribution in [2.75, 3.05) is 0 Å². The van der Waals surface area contributed by atoms with Crippen molar-refractivity contribution in [1.82, 2.24) is 0 Å². The van der Waals surface area contributed by atoms with Crippen LogP contribution in [0.25, 0.3) is 11.1 Å². The molecule has 0 fully saturated rings. The van der Waals surface area contributed by atoms with Crippen LogP contribution in [-0.2, 0) is 0 Å². The second kappa shape index (κ2) is 4.86. The minimum atomic E-state index is -0.926. The average molecular weight is 248 g/mol. The van der Waals surface area contributed by atoms with E-state index >= 15 is 0 Å². The fourth-order valence-electron chi connectivity index (χ4n) is 1.96. The number of benzene rings is 2. The number of hydrogen-bond donors (Lipinski definition) is 1. The van der Waals surface area contributed by atoms with Crippen molar-refractivity contribution < 1.29 is 13.9 Å². The Morgan fingerprint density at radius 3 is 2.28 bits per heavy atom. The van der Waals surface area contributed by atoms with E-state index in [1.807, 2.05) is 6.07 Å². The Labute approximate surface area is 105 Å². The van der Waals surface area contributed by atoms with Crippen LogP contribution < -0.4 is 0 Å². The molecule has 0 aromatic heterocycles. The minimum Gasteiger partial charge on any atom is -0.389 e. The maximum Gasteiger partial charge on any atom is 0.137 e. The quantitative estimate of drug-likeness (QED) is 0.851. The topological polar surface area (TPSA) is 20.2 Å². The molecular formula is C15H14F2O. The molecule has 0 saturated heterocycles. The average Bonchev–Trinajstić information content (AvgIpc) is 2.36. The van der Waals surface area contributed by atoms with Crippen molar-refractivity contribution in [2.24, 2.45) is 0 Å². The zero-order valence-electron chi connectivity index (χ0n) is 10.2. The molecule has 0 aliphatic heterocycles. The number of rotatable bonds is 2. The molecule has 2 rings (SSSR count). The monoisotopic (exact) mass is 248 g/mol. The molecule has 0 saturated carbocycles. The third kappa shape index (κ3) is 2.14. The van der Waals surface area contributed by atoms with Crippen molar-refractivity contribution in [2.45, 2.75) is 20.0 Å². The summed E-state index contributed by atoms with van der Waals surface area (Å²) in [5, 5.41) is 9.67. The first-order chi connectivity index (χ1) is 8.52. The summed E-state index contributed by atoms with van der Waals surface area (Å²) in [4.78, 5) is 0. The van der Waals surface area contributed by atoms with E-state index in [1.54, 1.807) is 24.3 Å². The molecule has 1 atom stereocenters. The summed E-state index contributed by atoms with van der Waals surface area (Å²) in [5.74, 6) is -1.25. The van der Waals surface area contributed by atoms with Crippen molar-refractivity contribution in [3.63, 3.8) is 0 Å². The smallest absolute Gasteiger partial charge is 0.137 e. The molecule has 2 aromatic carbocycles. The van der Waals surface area contributed by atoms with Gasteiger partial charge in [-0.25, -0.2) is 8.78 Å². The molecule has 0 bridgehead atoms. The van der Waals surface area contributed by atoms with Gasteiger partial charge in [0.2, 0.25) is 0 Å².